The number of benzene rings is 1. The molecule has 0 bridgehead atoms. The highest BCUT2D eigenvalue weighted by Gasteiger charge is 2.13. The second-order valence-electron chi connectivity index (χ2n) is 3.64. The smallest absolute Gasteiger partial charge is 0.236 e. The molecule has 0 aliphatic carbocycles. The van der Waals surface area contributed by atoms with Gasteiger partial charge in [0.1, 0.15) is 0 Å². The molecule has 0 atom stereocenters. The summed E-state index contributed by atoms with van der Waals surface area (Å²) >= 11 is 1.66. The van der Waals surface area contributed by atoms with E-state index in [9.17, 15) is 4.79 Å². The molecule has 0 radical (unpaired) electrons. The second-order valence-corrected chi connectivity index (χ2v) is 4.49. The summed E-state index contributed by atoms with van der Waals surface area (Å²) in [4.78, 5) is 14.1. The Morgan fingerprint density at radius 1 is 1.47 bits per heavy atom. The van der Waals surface area contributed by atoms with Gasteiger partial charge in [-0.05, 0) is 25.3 Å². The van der Waals surface area contributed by atoms with Crippen LogP contribution in [0, 0.1) is 0 Å². The molecular formula is C12H19N3OS. The Hall–Kier alpha value is -1.20. The van der Waals surface area contributed by atoms with Crippen molar-refractivity contribution in [3.8, 4) is 0 Å². The Morgan fingerprint density at radius 3 is 2.65 bits per heavy atom. The first-order chi connectivity index (χ1) is 8.13. The zero-order chi connectivity index (χ0) is 12.8. The lowest BCUT2D eigenvalue weighted by Gasteiger charge is -2.25. The average molecular weight is 253 g/mol. The van der Waals surface area contributed by atoms with Crippen LogP contribution in [0.25, 0.3) is 0 Å². The molecule has 1 aromatic rings. The van der Waals surface area contributed by atoms with Gasteiger partial charge in [-0.15, -0.1) is 11.8 Å². The van der Waals surface area contributed by atoms with Gasteiger partial charge in [0.2, 0.25) is 5.91 Å². The summed E-state index contributed by atoms with van der Waals surface area (Å²) in [6.07, 6.45) is 2.02. The molecule has 94 valence electrons. The molecule has 0 saturated heterocycles. The van der Waals surface area contributed by atoms with Crippen LogP contribution in [0.4, 0.5) is 5.69 Å². The Bertz CT molecular complexity index is 395. The van der Waals surface area contributed by atoms with Gasteiger partial charge in [0.05, 0.1) is 6.54 Å². The summed E-state index contributed by atoms with van der Waals surface area (Å²) in [6.45, 7) is 3.41. The van der Waals surface area contributed by atoms with Crippen molar-refractivity contribution < 1.29 is 4.79 Å². The minimum absolute atomic E-state index is 0.224. The summed E-state index contributed by atoms with van der Waals surface area (Å²) in [6, 6.07) is 5.99. The lowest BCUT2D eigenvalue weighted by molar-refractivity contribution is -0.116. The number of primary amides is 1. The molecule has 0 aliphatic heterocycles. The molecular weight excluding hydrogens is 234 g/mol. The number of likely N-dealkylation sites (N-methyl/N-ethyl adjacent to an activating group) is 1. The fraction of sp³-hybridized carbons (Fsp3) is 0.417. The molecule has 4 N–H and O–H groups in total. The highest BCUT2D eigenvalue weighted by Crippen LogP contribution is 2.29. The van der Waals surface area contributed by atoms with Crippen molar-refractivity contribution in [1.29, 1.82) is 0 Å². The predicted octanol–water partition coefficient (Wildman–Crippen LogP) is 1.18. The van der Waals surface area contributed by atoms with Gasteiger partial charge in [-0.1, -0.05) is 6.07 Å². The number of amides is 1. The second kappa shape index (κ2) is 6.51. The van der Waals surface area contributed by atoms with E-state index < -0.39 is 0 Å². The van der Waals surface area contributed by atoms with Gasteiger partial charge in [0.15, 0.2) is 0 Å². The number of nitrogens with two attached hydrogens (primary N) is 2. The van der Waals surface area contributed by atoms with Crippen molar-refractivity contribution >= 4 is 23.4 Å². The molecule has 1 amide bonds. The molecule has 1 rings (SSSR count). The molecule has 0 aromatic heterocycles. The van der Waals surface area contributed by atoms with Crippen LogP contribution in [0.15, 0.2) is 23.1 Å². The third-order valence-electron chi connectivity index (χ3n) is 2.60. The van der Waals surface area contributed by atoms with Crippen molar-refractivity contribution in [3.63, 3.8) is 0 Å². The van der Waals surface area contributed by atoms with Gasteiger partial charge >= 0.3 is 0 Å². The number of nitrogens with zero attached hydrogens (tertiary/aromatic N) is 1. The maximum atomic E-state index is 11.0. The molecule has 4 nitrogen and oxygen atoms in total. The summed E-state index contributed by atoms with van der Waals surface area (Å²) < 4.78 is 0. The quantitative estimate of drug-likeness (QED) is 0.747. The fourth-order valence-electron chi connectivity index (χ4n) is 1.80. The molecule has 0 heterocycles. The largest absolute Gasteiger partial charge is 0.368 e. The number of hydrogen-bond donors (Lipinski definition) is 2. The SMILES string of the molecule is CCN(CC(N)=O)c1cccc(SC)c1CN. The highest BCUT2D eigenvalue weighted by atomic mass is 32.2. The Labute approximate surface area is 106 Å². The van der Waals surface area contributed by atoms with Crippen LogP contribution in [0.2, 0.25) is 0 Å². The van der Waals surface area contributed by atoms with Gasteiger partial charge in [-0.3, -0.25) is 4.79 Å². The number of carbonyl (C=O) groups excluding carboxylic acids is 1. The molecule has 0 unspecified atom stereocenters. The zero-order valence-electron chi connectivity index (χ0n) is 10.3. The van der Waals surface area contributed by atoms with E-state index >= 15 is 0 Å². The number of anilines is 1. The number of rotatable bonds is 6. The lowest BCUT2D eigenvalue weighted by atomic mass is 10.1. The summed E-state index contributed by atoms with van der Waals surface area (Å²) in [5, 5.41) is 0. The fourth-order valence-corrected chi connectivity index (χ4v) is 2.45. The van der Waals surface area contributed by atoms with Crippen LogP contribution < -0.4 is 16.4 Å². The molecule has 0 fully saturated rings. The van der Waals surface area contributed by atoms with Gasteiger partial charge in [0.25, 0.3) is 0 Å². The summed E-state index contributed by atoms with van der Waals surface area (Å²) in [5.74, 6) is -0.329. The van der Waals surface area contributed by atoms with Crippen LogP contribution in [0.1, 0.15) is 12.5 Å². The standard InChI is InChI=1S/C12H19N3OS/c1-3-15(8-12(14)16)10-5-4-6-11(17-2)9(10)7-13/h4-6H,3,7-8,13H2,1-2H3,(H2,14,16). The predicted molar refractivity (Wildman–Crippen MR) is 73.2 cm³/mol. The van der Waals surface area contributed by atoms with E-state index in [-0.39, 0.29) is 12.5 Å². The minimum atomic E-state index is -0.329. The Kier molecular flexibility index (Phi) is 5.31. The van der Waals surface area contributed by atoms with E-state index in [2.05, 4.69) is 0 Å². The first kappa shape index (κ1) is 13.9. The van der Waals surface area contributed by atoms with Crippen LogP contribution in [-0.4, -0.2) is 25.3 Å². The van der Waals surface area contributed by atoms with E-state index in [0.717, 1.165) is 22.7 Å². The van der Waals surface area contributed by atoms with E-state index in [1.807, 2.05) is 36.3 Å². The van der Waals surface area contributed by atoms with E-state index in [0.29, 0.717) is 6.54 Å². The van der Waals surface area contributed by atoms with Crippen LogP contribution in [0.3, 0.4) is 0 Å². The van der Waals surface area contributed by atoms with Crippen molar-refractivity contribution in [2.75, 3.05) is 24.2 Å². The van der Waals surface area contributed by atoms with Crippen LogP contribution >= 0.6 is 11.8 Å². The minimum Gasteiger partial charge on any atom is -0.368 e. The van der Waals surface area contributed by atoms with Crippen molar-refractivity contribution in [2.24, 2.45) is 11.5 Å². The van der Waals surface area contributed by atoms with Crippen LogP contribution in [0.5, 0.6) is 0 Å². The Balaban J connectivity index is 3.13. The molecule has 5 heteroatoms. The lowest BCUT2D eigenvalue weighted by Crippen LogP contribution is -2.34. The first-order valence-electron chi connectivity index (χ1n) is 5.53. The molecule has 17 heavy (non-hydrogen) atoms. The van der Waals surface area contributed by atoms with Gasteiger partial charge < -0.3 is 16.4 Å². The normalized spacial score (nSPS) is 10.3. The summed E-state index contributed by atoms with van der Waals surface area (Å²) in [7, 11) is 0. The Morgan fingerprint density at radius 2 is 2.18 bits per heavy atom. The van der Waals surface area contributed by atoms with Gasteiger partial charge in [-0.2, -0.15) is 0 Å². The molecule has 0 aliphatic rings. The number of hydrogen-bond acceptors (Lipinski definition) is 4. The third kappa shape index (κ3) is 3.38. The summed E-state index contributed by atoms with van der Waals surface area (Å²) in [5.41, 5.74) is 13.1. The zero-order valence-corrected chi connectivity index (χ0v) is 11.1. The molecule has 0 spiro atoms. The van der Waals surface area contributed by atoms with E-state index in [4.69, 9.17) is 11.5 Å². The maximum absolute atomic E-state index is 11.0. The number of thioether (sulfide) groups is 1. The van der Waals surface area contributed by atoms with Crippen molar-refractivity contribution in [3.05, 3.63) is 23.8 Å². The van der Waals surface area contributed by atoms with Crippen molar-refractivity contribution in [1.82, 2.24) is 0 Å². The topological polar surface area (TPSA) is 72.3 Å². The van der Waals surface area contributed by atoms with Crippen molar-refractivity contribution in [2.45, 2.75) is 18.4 Å². The monoisotopic (exact) mass is 253 g/mol. The van der Waals surface area contributed by atoms with Gasteiger partial charge in [-0.25, -0.2) is 0 Å². The maximum Gasteiger partial charge on any atom is 0.236 e. The first-order valence-corrected chi connectivity index (χ1v) is 6.75. The van der Waals surface area contributed by atoms with Gasteiger partial charge in [0, 0.05) is 29.2 Å². The number of carbonyl (C=O) groups is 1. The van der Waals surface area contributed by atoms with E-state index in [1.165, 1.54) is 0 Å². The molecule has 1 aromatic carbocycles. The third-order valence-corrected chi connectivity index (χ3v) is 3.42. The highest BCUT2D eigenvalue weighted by molar-refractivity contribution is 7.98. The van der Waals surface area contributed by atoms with Crippen LogP contribution in [-0.2, 0) is 11.3 Å². The average Bonchev–Trinajstić information content (AvgIpc) is 2.34. The van der Waals surface area contributed by atoms with E-state index in [1.54, 1.807) is 11.8 Å². The molecule has 0 saturated carbocycles.